The fraction of sp³-hybridized carbons (Fsp3) is 0.278. The number of benzene rings is 2. The zero-order valence-corrected chi connectivity index (χ0v) is 13.6. The third-order valence-electron chi connectivity index (χ3n) is 3.38. The SMILES string of the molecule is CC(CN)C(=O)Nc1cccc(CSCc2ccccc2)c1. The van der Waals surface area contributed by atoms with Gasteiger partial charge in [-0.2, -0.15) is 11.8 Å². The second-order valence-electron chi connectivity index (χ2n) is 5.30. The number of rotatable bonds is 7. The average molecular weight is 314 g/mol. The zero-order chi connectivity index (χ0) is 15.8. The Bertz CT molecular complexity index is 601. The summed E-state index contributed by atoms with van der Waals surface area (Å²) < 4.78 is 0. The van der Waals surface area contributed by atoms with Crippen LogP contribution in [0.1, 0.15) is 18.1 Å². The molecule has 3 nitrogen and oxygen atoms in total. The lowest BCUT2D eigenvalue weighted by Crippen LogP contribution is -2.26. The molecule has 0 aliphatic heterocycles. The van der Waals surface area contributed by atoms with E-state index in [2.05, 4.69) is 35.6 Å². The molecule has 0 saturated carbocycles. The van der Waals surface area contributed by atoms with E-state index in [4.69, 9.17) is 5.73 Å². The van der Waals surface area contributed by atoms with Crippen LogP contribution in [0, 0.1) is 5.92 Å². The van der Waals surface area contributed by atoms with Gasteiger partial charge in [0.05, 0.1) is 0 Å². The molecule has 0 heterocycles. The highest BCUT2D eigenvalue weighted by atomic mass is 32.2. The third kappa shape index (κ3) is 5.20. The second kappa shape index (κ2) is 8.61. The molecule has 1 atom stereocenters. The van der Waals surface area contributed by atoms with E-state index in [0.717, 1.165) is 17.2 Å². The molecule has 0 saturated heterocycles. The number of hydrogen-bond donors (Lipinski definition) is 2. The van der Waals surface area contributed by atoms with Gasteiger partial charge in [-0.05, 0) is 23.3 Å². The van der Waals surface area contributed by atoms with Crippen LogP contribution in [0.5, 0.6) is 0 Å². The summed E-state index contributed by atoms with van der Waals surface area (Å²) >= 11 is 1.87. The fourth-order valence-electron chi connectivity index (χ4n) is 1.97. The molecule has 0 radical (unpaired) electrons. The van der Waals surface area contributed by atoms with E-state index >= 15 is 0 Å². The van der Waals surface area contributed by atoms with Gasteiger partial charge in [-0.15, -0.1) is 0 Å². The Labute approximate surface area is 136 Å². The Balaban J connectivity index is 1.87. The summed E-state index contributed by atoms with van der Waals surface area (Å²) in [6.45, 7) is 2.19. The molecule has 0 aromatic heterocycles. The van der Waals surface area contributed by atoms with Gasteiger partial charge >= 0.3 is 0 Å². The molecule has 1 unspecified atom stereocenters. The minimum Gasteiger partial charge on any atom is -0.330 e. The van der Waals surface area contributed by atoms with Gasteiger partial charge in [-0.3, -0.25) is 4.79 Å². The molecule has 2 aromatic carbocycles. The maximum absolute atomic E-state index is 11.9. The lowest BCUT2D eigenvalue weighted by molar-refractivity contribution is -0.119. The molecule has 0 aliphatic rings. The first kappa shape index (κ1) is 16.6. The van der Waals surface area contributed by atoms with E-state index in [1.54, 1.807) is 0 Å². The standard InChI is InChI=1S/C18H22N2OS/c1-14(11-19)18(21)20-17-9-5-8-16(10-17)13-22-12-15-6-3-2-4-7-15/h2-10,14H,11-13,19H2,1H3,(H,20,21). The highest BCUT2D eigenvalue weighted by Gasteiger charge is 2.10. The largest absolute Gasteiger partial charge is 0.330 e. The lowest BCUT2D eigenvalue weighted by atomic mass is 10.1. The molecule has 116 valence electrons. The first-order valence-corrected chi connectivity index (χ1v) is 8.56. The first-order valence-electron chi connectivity index (χ1n) is 7.40. The fourth-order valence-corrected chi connectivity index (χ4v) is 2.92. The Morgan fingerprint density at radius 3 is 2.50 bits per heavy atom. The van der Waals surface area contributed by atoms with Gasteiger partial charge in [0.15, 0.2) is 0 Å². The van der Waals surface area contributed by atoms with Crippen molar-refractivity contribution in [2.45, 2.75) is 18.4 Å². The van der Waals surface area contributed by atoms with E-state index in [9.17, 15) is 4.79 Å². The van der Waals surface area contributed by atoms with Crippen LogP contribution >= 0.6 is 11.8 Å². The summed E-state index contributed by atoms with van der Waals surface area (Å²) in [5.41, 5.74) is 8.88. The van der Waals surface area contributed by atoms with Crippen molar-refractivity contribution in [2.75, 3.05) is 11.9 Å². The number of thioether (sulfide) groups is 1. The Kier molecular flexibility index (Phi) is 6.49. The third-order valence-corrected chi connectivity index (χ3v) is 4.45. The average Bonchev–Trinajstić information content (AvgIpc) is 2.55. The topological polar surface area (TPSA) is 55.1 Å². The molecule has 2 rings (SSSR count). The van der Waals surface area contributed by atoms with E-state index in [1.807, 2.05) is 43.0 Å². The van der Waals surface area contributed by atoms with Crippen molar-refractivity contribution in [3.63, 3.8) is 0 Å². The summed E-state index contributed by atoms with van der Waals surface area (Å²) in [7, 11) is 0. The minimum atomic E-state index is -0.170. The van der Waals surface area contributed by atoms with E-state index in [-0.39, 0.29) is 11.8 Å². The van der Waals surface area contributed by atoms with E-state index in [0.29, 0.717) is 6.54 Å². The van der Waals surface area contributed by atoms with Crippen molar-refractivity contribution in [2.24, 2.45) is 11.7 Å². The molecule has 0 spiro atoms. The zero-order valence-electron chi connectivity index (χ0n) is 12.8. The van der Waals surface area contributed by atoms with Crippen molar-refractivity contribution < 1.29 is 4.79 Å². The van der Waals surface area contributed by atoms with Gasteiger partial charge in [0.25, 0.3) is 0 Å². The van der Waals surface area contributed by atoms with E-state index in [1.165, 1.54) is 11.1 Å². The van der Waals surface area contributed by atoms with Crippen molar-refractivity contribution in [1.82, 2.24) is 0 Å². The van der Waals surface area contributed by atoms with Crippen LogP contribution in [0.15, 0.2) is 54.6 Å². The second-order valence-corrected chi connectivity index (χ2v) is 6.29. The predicted octanol–water partition coefficient (Wildman–Crippen LogP) is 3.65. The highest BCUT2D eigenvalue weighted by Crippen LogP contribution is 2.20. The van der Waals surface area contributed by atoms with E-state index < -0.39 is 0 Å². The first-order chi connectivity index (χ1) is 10.7. The summed E-state index contributed by atoms with van der Waals surface area (Å²) in [5.74, 6) is 1.71. The summed E-state index contributed by atoms with van der Waals surface area (Å²) in [6.07, 6.45) is 0. The number of nitrogens with two attached hydrogens (primary N) is 1. The molecule has 0 fully saturated rings. The highest BCUT2D eigenvalue weighted by molar-refractivity contribution is 7.97. The predicted molar refractivity (Wildman–Crippen MR) is 94.7 cm³/mol. The van der Waals surface area contributed by atoms with Crippen LogP contribution in [0.4, 0.5) is 5.69 Å². The molecule has 4 heteroatoms. The number of carbonyl (C=O) groups excluding carboxylic acids is 1. The number of carbonyl (C=O) groups is 1. The van der Waals surface area contributed by atoms with Crippen LogP contribution in [-0.4, -0.2) is 12.5 Å². The molecule has 0 bridgehead atoms. The monoisotopic (exact) mass is 314 g/mol. The smallest absolute Gasteiger partial charge is 0.228 e. The van der Waals surface area contributed by atoms with Crippen molar-refractivity contribution in [1.29, 1.82) is 0 Å². The van der Waals surface area contributed by atoms with Crippen molar-refractivity contribution >= 4 is 23.4 Å². The maximum atomic E-state index is 11.9. The van der Waals surface area contributed by atoms with Crippen molar-refractivity contribution in [3.8, 4) is 0 Å². The quantitative estimate of drug-likeness (QED) is 0.820. The van der Waals surface area contributed by atoms with Crippen LogP contribution in [0.25, 0.3) is 0 Å². The summed E-state index contributed by atoms with van der Waals surface area (Å²) in [5, 5.41) is 2.91. The normalized spacial score (nSPS) is 11.9. The summed E-state index contributed by atoms with van der Waals surface area (Å²) in [6, 6.07) is 18.4. The number of amides is 1. The molecule has 0 aliphatic carbocycles. The molecule has 3 N–H and O–H groups in total. The molecular formula is C18H22N2OS. The number of hydrogen-bond acceptors (Lipinski definition) is 3. The van der Waals surface area contributed by atoms with Gasteiger partial charge < -0.3 is 11.1 Å². The molecule has 2 aromatic rings. The van der Waals surface area contributed by atoms with Crippen molar-refractivity contribution in [3.05, 3.63) is 65.7 Å². The van der Waals surface area contributed by atoms with Gasteiger partial charge in [0.2, 0.25) is 5.91 Å². The van der Waals surface area contributed by atoms with Crippen LogP contribution < -0.4 is 11.1 Å². The van der Waals surface area contributed by atoms with Gasteiger partial charge in [0.1, 0.15) is 0 Å². The van der Waals surface area contributed by atoms with Crippen LogP contribution in [0.2, 0.25) is 0 Å². The van der Waals surface area contributed by atoms with Gasteiger partial charge in [-0.25, -0.2) is 0 Å². The number of anilines is 1. The maximum Gasteiger partial charge on any atom is 0.228 e. The number of nitrogens with one attached hydrogen (secondary N) is 1. The Hall–Kier alpha value is -1.78. The molecule has 1 amide bonds. The molecular weight excluding hydrogens is 292 g/mol. The van der Waals surface area contributed by atoms with Gasteiger partial charge in [-0.1, -0.05) is 49.4 Å². The molecule has 22 heavy (non-hydrogen) atoms. The lowest BCUT2D eigenvalue weighted by Gasteiger charge is -2.11. The summed E-state index contributed by atoms with van der Waals surface area (Å²) in [4.78, 5) is 11.9. The van der Waals surface area contributed by atoms with Crippen LogP contribution in [0.3, 0.4) is 0 Å². The Morgan fingerprint density at radius 1 is 1.09 bits per heavy atom. The minimum absolute atomic E-state index is 0.0309. The van der Waals surface area contributed by atoms with Crippen LogP contribution in [-0.2, 0) is 16.3 Å². The Morgan fingerprint density at radius 2 is 1.77 bits per heavy atom. The van der Waals surface area contributed by atoms with Gasteiger partial charge in [0, 0.05) is 29.7 Å².